The van der Waals surface area contributed by atoms with Crippen LogP contribution in [0.2, 0.25) is 0 Å². The first-order valence-corrected chi connectivity index (χ1v) is 7.65. The van der Waals surface area contributed by atoms with Gasteiger partial charge >= 0.3 is 0 Å². The van der Waals surface area contributed by atoms with E-state index in [0.717, 1.165) is 38.5 Å². The molecule has 120 valence electrons. The standard InChI is InChI=1S/C16H29N3O2/c1-5-17-14(2)15-7-8-18-16(13-15)19(10-12-21-4)9-6-11-20-3/h7-8,13-14,17H,5-6,9-12H2,1-4H3. The number of rotatable bonds is 11. The summed E-state index contributed by atoms with van der Waals surface area (Å²) in [4.78, 5) is 6.77. The summed E-state index contributed by atoms with van der Waals surface area (Å²) in [5.74, 6) is 1.01. The third-order valence-electron chi connectivity index (χ3n) is 3.45. The SMILES string of the molecule is CCNC(C)c1ccnc(N(CCCOC)CCOC)c1. The van der Waals surface area contributed by atoms with Gasteiger partial charge in [-0.2, -0.15) is 0 Å². The Labute approximate surface area is 128 Å². The van der Waals surface area contributed by atoms with Crippen LogP contribution in [0.25, 0.3) is 0 Å². The highest BCUT2D eigenvalue weighted by Gasteiger charge is 2.10. The summed E-state index contributed by atoms with van der Waals surface area (Å²) in [5, 5.41) is 3.43. The van der Waals surface area contributed by atoms with E-state index in [1.165, 1.54) is 5.56 Å². The fourth-order valence-corrected chi connectivity index (χ4v) is 2.24. The second-order valence-corrected chi connectivity index (χ2v) is 5.05. The molecule has 0 fully saturated rings. The second kappa shape index (κ2) is 10.5. The molecule has 21 heavy (non-hydrogen) atoms. The van der Waals surface area contributed by atoms with E-state index in [2.05, 4.69) is 41.2 Å². The fourth-order valence-electron chi connectivity index (χ4n) is 2.24. The maximum Gasteiger partial charge on any atom is 0.128 e. The van der Waals surface area contributed by atoms with Crippen LogP contribution >= 0.6 is 0 Å². The number of ether oxygens (including phenoxy) is 2. The molecule has 5 heteroatoms. The number of hydrogen-bond donors (Lipinski definition) is 1. The molecule has 1 aromatic rings. The molecule has 0 aliphatic carbocycles. The molecular weight excluding hydrogens is 266 g/mol. The summed E-state index contributed by atoms with van der Waals surface area (Å²) in [6.07, 6.45) is 2.86. The molecule has 0 aromatic carbocycles. The van der Waals surface area contributed by atoms with Gasteiger partial charge in [0, 0.05) is 46.2 Å². The topological polar surface area (TPSA) is 46.6 Å². The predicted molar refractivity (Wildman–Crippen MR) is 86.9 cm³/mol. The minimum Gasteiger partial charge on any atom is -0.385 e. The second-order valence-electron chi connectivity index (χ2n) is 5.05. The summed E-state index contributed by atoms with van der Waals surface area (Å²) in [7, 11) is 3.46. The van der Waals surface area contributed by atoms with Gasteiger partial charge in [-0.3, -0.25) is 0 Å². The molecule has 0 radical (unpaired) electrons. The molecule has 5 nitrogen and oxygen atoms in total. The van der Waals surface area contributed by atoms with Crippen molar-refractivity contribution in [1.82, 2.24) is 10.3 Å². The van der Waals surface area contributed by atoms with Gasteiger partial charge < -0.3 is 19.7 Å². The lowest BCUT2D eigenvalue weighted by Crippen LogP contribution is -2.30. The minimum absolute atomic E-state index is 0.333. The van der Waals surface area contributed by atoms with Crippen LogP contribution in [0, 0.1) is 0 Å². The van der Waals surface area contributed by atoms with E-state index in [9.17, 15) is 0 Å². The Balaban J connectivity index is 2.77. The van der Waals surface area contributed by atoms with Crippen LogP contribution in [0.15, 0.2) is 18.3 Å². The smallest absolute Gasteiger partial charge is 0.128 e. The van der Waals surface area contributed by atoms with E-state index in [0.29, 0.717) is 12.6 Å². The van der Waals surface area contributed by atoms with Crippen LogP contribution in [-0.4, -0.2) is 52.1 Å². The average molecular weight is 295 g/mol. The first-order chi connectivity index (χ1) is 10.2. The van der Waals surface area contributed by atoms with Gasteiger partial charge in [0.15, 0.2) is 0 Å². The lowest BCUT2D eigenvalue weighted by molar-refractivity contribution is 0.191. The Morgan fingerprint density at radius 1 is 1.24 bits per heavy atom. The van der Waals surface area contributed by atoms with Gasteiger partial charge in [0.25, 0.3) is 0 Å². The molecule has 0 bridgehead atoms. The van der Waals surface area contributed by atoms with Crippen LogP contribution < -0.4 is 10.2 Å². The highest BCUT2D eigenvalue weighted by Crippen LogP contribution is 2.18. The van der Waals surface area contributed by atoms with Crippen molar-refractivity contribution in [1.29, 1.82) is 0 Å². The number of anilines is 1. The quantitative estimate of drug-likeness (QED) is 0.634. The Morgan fingerprint density at radius 2 is 2.00 bits per heavy atom. The number of nitrogens with zero attached hydrogens (tertiary/aromatic N) is 2. The van der Waals surface area contributed by atoms with Crippen LogP contribution in [0.1, 0.15) is 31.9 Å². The largest absolute Gasteiger partial charge is 0.385 e. The van der Waals surface area contributed by atoms with Crippen molar-refractivity contribution >= 4 is 5.82 Å². The van der Waals surface area contributed by atoms with E-state index >= 15 is 0 Å². The molecule has 1 aromatic heterocycles. The first-order valence-electron chi connectivity index (χ1n) is 7.65. The van der Waals surface area contributed by atoms with Crippen LogP contribution in [0.5, 0.6) is 0 Å². The highest BCUT2D eigenvalue weighted by atomic mass is 16.5. The number of hydrogen-bond acceptors (Lipinski definition) is 5. The number of pyridine rings is 1. The molecule has 1 rings (SSSR count). The maximum absolute atomic E-state index is 5.20. The van der Waals surface area contributed by atoms with Gasteiger partial charge in [-0.1, -0.05) is 6.92 Å². The zero-order valence-electron chi connectivity index (χ0n) is 13.8. The van der Waals surface area contributed by atoms with Crippen LogP contribution in [0.3, 0.4) is 0 Å². The van der Waals surface area contributed by atoms with E-state index in [4.69, 9.17) is 9.47 Å². The number of methoxy groups -OCH3 is 2. The van der Waals surface area contributed by atoms with E-state index < -0.39 is 0 Å². The third kappa shape index (κ3) is 6.42. The molecule has 0 aliphatic heterocycles. The van der Waals surface area contributed by atoms with Crippen molar-refractivity contribution in [2.24, 2.45) is 0 Å². The molecule has 1 atom stereocenters. The van der Waals surface area contributed by atoms with Gasteiger partial charge in [-0.15, -0.1) is 0 Å². The third-order valence-corrected chi connectivity index (χ3v) is 3.45. The van der Waals surface area contributed by atoms with Gasteiger partial charge in [0.2, 0.25) is 0 Å². The molecular formula is C16H29N3O2. The number of nitrogens with one attached hydrogen (secondary N) is 1. The van der Waals surface area contributed by atoms with E-state index in [1.54, 1.807) is 14.2 Å². The van der Waals surface area contributed by atoms with Crippen molar-refractivity contribution in [2.45, 2.75) is 26.3 Å². The Bertz CT molecular complexity index is 388. The normalized spacial score (nSPS) is 12.4. The molecule has 0 amide bonds. The van der Waals surface area contributed by atoms with Crippen molar-refractivity contribution in [3.63, 3.8) is 0 Å². The summed E-state index contributed by atoms with van der Waals surface area (Å²) in [6, 6.07) is 4.57. The zero-order valence-corrected chi connectivity index (χ0v) is 13.8. The summed E-state index contributed by atoms with van der Waals surface area (Å²) < 4.78 is 10.3. The molecule has 1 heterocycles. The molecule has 0 aliphatic rings. The first kappa shape index (κ1) is 17.9. The van der Waals surface area contributed by atoms with Crippen molar-refractivity contribution in [3.8, 4) is 0 Å². The fraction of sp³-hybridized carbons (Fsp3) is 0.688. The maximum atomic E-state index is 5.20. The molecule has 0 spiro atoms. The summed E-state index contributed by atoms with van der Waals surface area (Å²) in [5.41, 5.74) is 1.26. The van der Waals surface area contributed by atoms with Crippen LogP contribution in [0.4, 0.5) is 5.82 Å². The molecule has 1 unspecified atom stereocenters. The Kier molecular flexibility index (Phi) is 8.98. The van der Waals surface area contributed by atoms with Crippen molar-refractivity contribution in [2.75, 3.05) is 52.0 Å². The highest BCUT2D eigenvalue weighted by molar-refractivity contribution is 5.41. The van der Waals surface area contributed by atoms with Gasteiger partial charge in [0.1, 0.15) is 5.82 Å². The van der Waals surface area contributed by atoms with E-state index in [1.807, 2.05) is 6.20 Å². The molecule has 0 saturated carbocycles. The molecule has 0 saturated heterocycles. The Hall–Kier alpha value is -1.17. The van der Waals surface area contributed by atoms with Gasteiger partial charge in [-0.25, -0.2) is 4.98 Å². The number of aromatic nitrogens is 1. The minimum atomic E-state index is 0.333. The molecule has 1 N–H and O–H groups in total. The van der Waals surface area contributed by atoms with Crippen LogP contribution in [-0.2, 0) is 9.47 Å². The van der Waals surface area contributed by atoms with Crippen molar-refractivity contribution < 1.29 is 9.47 Å². The average Bonchev–Trinajstić information content (AvgIpc) is 2.51. The Morgan fingerprint density at radius 3 is 2.67 bits per heavy atom. The summed E-state index contributed by atoms with van der Waals surface area (Å²) >= 11 is 0. The van der Waals surface area contributed by atoms with Crippen molar-refractivity contribution in [3.05, 3.63) is 23.9 Å². The zero-order chi connectivity index (χ0) is 15.5. The lowest BCUT2D eigenvalue weighted by atomic mass is 10.1. The van der Waals surface area contributed by atoms with Gasteiger partial charge in [-0.05, 0) is 37.6 Å². The van der Waals surface area contributed by atoms with E-state index in [-0.39, 0.29) is 0 Å². The van der Waals surface area contributed by atoms with Gasteiger partial charge in [0.05, 0.1) is 6.61 Å². The lowest BCUT2D eigenvalue weighted by Gasteiger charge is -2.24. The summed E-state index contributed by atoms with van der Waals surface area (Å²) in [6.45, 7) is 8.47. The monoisotopic (exact) mass is 295 g/mol. The predicted octanol–water partition coefficient (Wildman–Crippen LogP) is 2.24.